The molecule has 146 valence electrons. The molecule has 1 fully saturated rings. The number of hydrogen-bond donors (Lipinski definition) is 1. The number of methoxy groups -OCH3 is 1. The van der Waals surface area contributed by atoms with Crippen LogP contribution in [0, 0.1) is 0 Å². The molecule has 0 bridgehead atoms. The van der Waals surface area contributed by atoms with Crippen LogP contribution in [0.4, 0.5) is 0 Å². The molecule has 1 aromatic heterocycles. The molecule has 1 aliphatic rings. The van der Waals surface area contributed by atoms with E-state index in [1.54, 1.807) is 7.11 Å². The van der Waals surface area contributed by atoms with Crippen LogP contribution in [-0.4, -0.2) is 36.0 Å². The lowest BCUT2D eigenvalue weighted by Crippen LogP contribution is -2.31. The predicted octanol–water partition coefficient (Wildman–Crippen LogP) is 5.18. The molecule has 0 aliphatic carbocycles. The molecule has 3 aromatic rings. The first kappa shape index (κ1) is 18.6. The molecule has 0 radical (unpaired) electrons. The summed E-state index contributed by atoms with van der Waals surface area (Å²) in [5, 5.41) is 1.21. The number of rotatable bonds is 5. The van der Waals surface area contributed by atoms with Crippen molar-refractivity contribution in [3.05, 3.63) is 54.1 Å². The Balaban J connectivity index is 1.60. The molecule has 0 unspecified atom stereocenters. The summed E-state index contributed by atoms with van der Waals surface area (Å²) in [6.45, 7) is 1.83. The van der Waals surface area contributed by atoms with Gasteiger partial charge in [-0.25, -0.2) is 0 Å². The Labute approximate surface area is 166 Å². The normalized spacial score (nSPS) is 14.8. The van der Waals surface area contributed by atoms with Crippen molar-refractivity contribution in [1.82, 2.24) is 9.88 Å². The zero-order valence-electron chi connectivity index (χ0n) is 16.5. The number of nitrogens with one attached hydrogen (secondary N) is 1. The minimum atomic E-state index is 0.285. The van der Waals surface area contributed by atoms with Crippen LogP contribution in [0.5, 0.6) is 5.75 Å². The molecule has 28 heavy (non-hydrogen) atoms. The van der Waals surface area contributed by atoms with E-state index in [0.717, 1.165) is 54.9 Å². The second-order valence-corrected chi connectivity index (χ2v) is 7.55. The van der Waals surface area contributed by atoms with Gasteiger partial charge in [-0.3, -0.25) is 4.79 Å². The lowest BCUT2D eigenvalue weighted by Gasteiger charge is -2.20. The number of fused-ring (bicyclic) bond motifs is 1. The third-order valence-corrected chi connectivity index (χ3v) is 5.74. The molecule has 0 spiro atoms. The van der Waals surface area contributed by atoms with Crippen LogP contribution >= 0.6 is 0 Å². The largest absolute Gasteiger partial charge is 0.497 e. The number of ether oxygens (including phenoxy) is 1. The summed E-state index contributed by atoms with van der Waals surface area (Å²) in [5.41, 5.74) is 4.57. The maximum atomic E-state index is 12.8. The number of hydrogen-bond acceptors (Lipinski definition) is 2. The lowest BCUT2D eigenvalue weighted by atomic mass is 10.0. The first-order valence-corrected chi connectivity index (χ1v) is 10.3. The van der Waals surface area contributed by atoms with Gasteiger partial charge in [-0.2, -0.15) is 0 Å². The van der Waals surface area contributed by atoms with Gasteiger partial charge in [0.25, 0.3) is 0 Å². The molecule has 4 rings (SSSR count). The standard InChI is InChI=1S/C24H28N2O2/c1-28-19-12-10-18(11-13-19)24-21(20-8-4-5-9-22(20)25-24)14-15-23(27)26-16-6-2-3-7-17-26/h4-5,8-13,25H,2-3,6-7,14-17H2,1H3. The quantitative estimate of drug-likeness (QED) is 0.667. The van der Waals surface area contributed by atoms with Gasteiger partial charge < -0.3 is 14.6 Å². The second kappa shape index (κ2) is 8.51. The molecule has 2 heterocycles. The van der Waals surface area contributed by atoms with E-state index >= 15 is 0 Å². The molecule has 0 saturated carbocycles. The number of H-pyrrole nitrogens is 1. The van der Waals surface area contributed by atoms with Crippen molar-refractivity contribution >= 4 is 16.8 Å². The lowest BCUT2D eigenvalue weighted by molar-refractivity contribution is -0.131. The number of para-hydroxylation sites is 1. The van der Waals surface area contributed by atoms with Crippen LogP contribution in [0.2, 0.25) is 0 Å². The van der Waals surface area contributed by atoms with Crippen LogP contribution in [0.25, 0.3) is 22.2 Å². The number of likely N-dealkylation sites (tertiary alicyclic amines) is 1. The highest BCUT2D eigenvalue weighted by atomic mass is 16.5. The fourth-order valence-corrected chi connectivity index (χ4v) is 4.17. The number of aryl methyl sites for hydroxylation is 1. The molecule has 1 N–H and O–H groups in total. The van der Waals surface area contributed by atoms with Crippen LogP contribution < -0.4 is 4.74 Å². The van der Waals surface area contributed by atoms with E-state index in [1.165, 1.54) is 23.8 Å². The summed E-state index contributed by atoms with van der Waals surface area (Å²) < 4.78 is 5.29. The van der Waals surface area contributed by atoms with Gasteiger partial charge in [0.05, 0.1) is 7.11 Å². The smallest absolute Gasteiger partial charge is 0.222 e. The number of carbonyl (C=O) groups is 1. The fraction of sp³-hybridized carbons (Fsp3) is 0.375. The van der Waals surface area contributed by atoms with E-state index in [0.29, 0.717) is 6.42 Å². The van der Waals surface area contributed by atoms with Crippen molar-refractivity contribution < 1.29 is 9.53 Å². The summed E-state index contributed by atoms with van der Waals surface area (Å²) in [7, 11) is 1.68. The van der Waals surface area contributed by atoms with Crippen molar-refractivity contribution in [3.8, 4) is 17.0 Å². The average Bonchev–Trinajstić information content (AvgIpc) is 2.90. The molecule has 2 aromatic carbocycles. The van der Waals surface area contributed by atoms with E-state index in [4.69, 9.17) is 4.74 Å². The maximum absolute atomic E-state index is 12.8. The molecule has 0 atom stereocenters. The number of carbonyl (C=O) groups excluding carboxylic acids is 1. The SMILES string of the molecule is COc1ccc(-c2[nH]c3ccccc3c2CCC(=O)N2CCCCCC2)cc1. The Morgan fingerprint density at radius 3 is 2.43 bits per heavy atom. The highest BCUT2D eigenvalue weighted by Crippen LogP contribution is 2.32. The third kappa shape index (κ3) is 3.91. The van der Waals surface area contributed by atoms with Crippen molar-refractivity contribution in [2.24, 2.45) is 0 Å². The summed E-state index contributed by atoms with van der Waals surface area (Å²) in [6, 6.07) is 16.5. The molecule has 1 amide bonds. The highest BCUT2D eigenvalue weighted by molar-refractivity contribution is 5.91. The number of aromatic nitrogens is 1. The highest BCUT2D eigenvalue weighted by Gasteiger charge is 2.18. The molecule has 4 heteroatoms. The Morgan fingerprint density at radius 1 is 1.00 bits per heavy atom. The summed E-state index contributed by atoms with van der Waals surface area (Å²) >= 11 is 0. The van der Waals surface area contributed by atoms with E-state index in [2.05, 4.69) is 40.2 Å². The molecule has 1 aliphatic heterocycles. The van der Waals surface area contributed by atoms with Gasteiger partial charge in [0.2, 0.25) is 5.91 Å². The van der Waals surface area contributed by atoms with Crippen molar-refractivity contribution in [2.75, 3.05) is 20.2 Å². The van der Waals surface area contributed by atoms with Crippen molar-refractivity contribution in [3.63, 3.8) is 0 Å². The molecule has 1 saturated heterocycles. The molecule has 4 nitrogen and oxygen atoms in total. The van der Waals surface area contributed by atoms with Crippen LogP contribution in [0.15, 0.2) is 48.5 Å². The second-order valence-electron chi connectivity index (χ2n) is 7.55. The number of aromatic amines is 1. The predicted molar refractivity (Wildman–Crippen MR) is 114 cm³/mol. The molecular formula is C24H28N2O2. The van der Waals surface area contributed by atoms with Gasteiger partial charge in [-0.15, -0.1) is 0 Å². The van der Waals surface area contributed by atoms with E-state index in [9.17, 15) is 4.79 Å². The maximum Gasteiger partial charge on any atom is 0.222 e. The number of benzene rings is 2. The molecular weight excluding hydrogens is 348 g/mol. The Bertz CT molecular complexity index is 935. The van der Waals surface area contributed by atoms with Gasteiger partial charge >= 0.3 is 0 Å². The minimum absolute atomic E-state index is 0.285. The van der Waals surface area contributed by atoms with Gasteiger partial charge in [-0.05, 0) is 60.7 Å². The zero-order chi connectivity index (χ0) is 19.3. The van der Waals surface area contributed by atoms with E-state index in [1.807, 2.05) is 18.2 Å². The first-order chi connectivity index (χ1) is 13.8. The Kier molecular flexibility index (Phi) is 5.65. The van der Waals surface area contributed by atoms with Gasteiger partial charge in [0, 0.05) is 36.1 Å². The zero-order valence-corrected chi connectivity index (χ0v) is 16.5. The summed E-state index contributed by atoms with van der Waals surface area (Å²) in [5.74, 6) is 1.13. The van der Waals surface area contributed by atoms with Crippen LogP contribution in [-0.2, 0) is 11.2 Å². The number of nitrogens with zero attached hydrogens (tertiary/aromatic N) is 1. The number of amides is 1. The van der Waals surface area contributed by atoms with Gasteiger partial charge in [0.15, 0.2) is 0 Å². The summed E-state index contributed by atoms with van der Waals surface area (Å²) in [6.07, 6.45) is 6.07. The topological polar surface area (TPSA) is 45.3 Å². The minimum Gasteiger partial charge on any atom is -0.497 e. The average molecular weight is 377 g/mol. The van der Waals surface area contributed by atoms with Gasteiger partial charge in [0.1, 0.15) is 5.75 Å². The first-order valence-electron chi connectivity index (χ1n) is 10.3. The Morgan fingerprint density at radius 2 is 1.71 bits per heavy atom. The van der Waals surface area contributed by atoms with Crippen molar-refractivity contribution in [1.29, 1.82) is 0 Å². The van der Waals surface area contributed by atoms with E-state index < -0.39 is 0 Å². The Hall–Kier alpha value is -2.75. The van der Waals surface area contributed by atoms with Crippen LogP contribution in [0.1, 0.15) is 37.7 Å². The third-order valence-electron chi connectivity index (χ3n) is 5.74. The summed E-state index contributed by atoms with van der Waals surface area (Å²) in [4.78, 5) is 18.4. The van der Waals surface area contributed by atoms with E-state index in [-0.39, 0.29) is 5.91 Å². The fourth-order valence-electron chi connectivity index (χ4n) is 4.17. The monoisotopic (exact) mass is 376 g/mol. The van der Waals surface area contributed by atoms with Gasteiger partial charge in [-0.1, -0.05) is 31.0 Å². The van der Waals surface area contributed by atoms with Crippen molar-refractivity contribution in [2.45, 2.75) is 38.5 Å². The van der Waals surface area contributed by atoms with Crippen LogP contribution in [0.3, 0.4) is 0 Å².